The first-order valence-corrected chi connectivity index (χ1v) is 7.88. The van der Waals surface area contributed by atoms with Gasteiger partial charge in [-0.15, -0.1) is 0 Å². The number of rotatable bonds is 9. The second-order valence-corrected chi connectivity index (χ2v) is 5.92. The molecule has 1 aromatic carbocycles. The van der Waals surface area contributed by atoms with Crippen molar-refractivity contribution in [1.82, 2.24) is 5.32 Å². The Hall–Kier alpha value is -1.06. The minimum atomic E-state index is 0.320. The van der Waals surface area contributed by atoms with E-state index in [0.29, 0.717) is 12.0 Å². The molecule has 0 aliphatic heterocycles. The highest BCUT2D eigenvalue weighted by Crippen LogP contribution is 2.47. The molecule has 3 nitrogen and oxygen atoms in total. The maximum Gasteiger partial charge on any atom is 0.0436 e. The molecule has 0 bridgehead atoms. The molecule has 0 spiro atoms. The summed E-state index contributed by atoms with van der Waals surface area (Å²) in [7, 11) is 0. The predicted octanol–water partition coefficient (Wildman–Crippen LogP) is 2.79. The van der Waals surface area contributed by atoms with Gasteiger partial charge >= 0.3 is 0 Å². The third kappa shape index (κ3) is 3.97. The Labute approximate surface area is 123 Å². The molecule has 2 rings (SSSR count). The zero-order chi connectivity index (χ0) is 14.4. The summed E-state index contributed by atoms with van der Waals surface area (Å²) in [5.41, 5.74) is 3.04. The van der Waals surface area contributed by atoms with Gasteiger partial charge in [0, 0.05) is 38.5 Å². The summed E-state index contributed by atoms with van der Waals surface area (Å²) in [5, 5.41) is 12.6. The monoisotopic (exact) mass is 276 g/mol. The van der Waals surface area contributed by atoms with E-state index in [9.17, 15) is 0 Å². The fourth-order valence-corrected chi connectivity index (χ4v) is 2.81. The first-order valence-electron chi connectivity index (χ1n) is 7.88. The molecule has 3 heteroatoms. The van der Waals surface area contributed by atoms with Crippen molar-refractivity contribution in [2.75, 3.05) is 31.1 Å². The lowest BCUT2D eigenvalue weighted by molar-refractivity contribution is 0.245. The van der Waals surface area contributed by atoms with Gasteiger partial charge in [-0.2, -0.15) is 0 Å². The Bertz CT molecular complexity index is 394. The van der Waals surface area contributed by atoms with Crippen molar-refractivity contribution in [3.05, 3.63) is 29.8 Å². The van der Waals surface area contributed by atoms with Crippen molar-refractivity contribution < 1.29 is 5.11 Å². The molecule has 1 aromatic rings. The zero-order valence-corrected chi connectivity index (χ0v) is 12.9. The Balaban J connectivity index is 1.79. The molecule has 0 aromatic heterocycles. The van der Waals surface area contributed by atoms with Crippen molar-refractivity contribution >= 4 is 5.69 Å². The summed E-state index contributed by atoms with van der Waals surface area (Å²) in [4.78, 5) is 2.36. The van der Waals surface area contributed by atoms with Crippen LogP contribution in [-0.2, 0) is 6.54 Å². The van der Waals surface area contributed by atoms with Gasteiger partial charge in [0.05, 0.1) is 0 Å². The highest BCUT2D eigenvalue weighted by molar-refractivity contribution is 5.47. The number of anilines is 1. The van der Waals surface area contributed by atoms with Gasteiger partial charge in [-0.25, -0.2) is 0 Å². The fraction of sp³-hybridized carbons (Fsp3) is 0.647. The Kier molecular flexibility index (Phi) is 5.44. The number of aliphatic hydroxyl groups is 1. The van der Waals surface area contributed by atoms with Gasteiger partial charge in [0.1, 0.15) is 0 Å². The third-order valence-corrected chi connectivity index (χ3v) is 4.49. The maximum absolute atomic E-state index is 9.06. The van der Waals surface area contributed by atoms with Gasteiger partial charge < -0.3 is 15.3 Å². The summed E-state index contributed by atoms with van der Waals surface area (Å²) >= 11 is 0. The van der Waals surface area contributed by atoms with E-state index >= 15 is 0 Å². The molecule has 0 amide bonds. The van der Waals surface area contributed by atoms with Crippen LogP contribution in [0.3, 0.4) is 0 Å². The van der Waals surface area contributed by atoms with E-state index in [1.54, 1.807) is 0 Å². The van der Waals surface area contributed by atoms with Crippen LogP contribution in [0.25, 0.3) is 0 Å². The van der Waals surface area contributed by atoms with Crippen LogP contribution in [-0.4, -0.2) is 31.3 Å². The Morgan fingerprint density at radius 2 is 1.80 bits per heavy atom. The lowest BCUT2D eigenvalue weighted by atomic mass is 10.0. The van der Waals surface area contributed by atoms with Crippen molar-refractivity contribution in [2.45, 2.75) is 39.7 Å². The Morgan fingerprint density at radius 3 is 2.30 bits per heavy atom. The average molecular weight is 276 g/mol. The molecule has 1 aliphatic rings. The van der Waals surface area contributed by atoms with Gasteiger partial charge in [-0.1, -0.05) is 12.1 Å². The normalized spacial score (nSPS) is 16.1. The van der Waals surface area contributed by atoms with Crippen LogP contribution in [0.1, 0.15) is 38.7 Å². The molecule has 112 valence electrons. The summed E-state index contributed by atoms with van der Waals surface area (Å²) < 4.78 is 0. The summed E-state index contributed by atoms with van der Waals surface area (Å²) in [6, 6.07) is 8.85. The van der Waals surface area contributed by atoms with Crippen molar-refractivity contribution in [1.29, 1.82) is 0 Å². The molecular weight excluding hydrogens is 248 g/mol. The smallest absolute Gasteiger partial charge is 0.0436 e. The van der Waals surface area contributed by atoms with Crippen LogP contribution in [0.5, 0.6) is 0 Å². The average Bonchev–Trinajstić information content (AvgIpc) is 3.22. The number of hydrogen-bond donors (Lipinski definition) is 2. The number of benzene rings is 1. The molecule has 0 heterocycles. The molecule has 20 heavy (non-hydrogen) atoms. The van der Waals surface area contributed by atoms with E-state index in [1.807, 2.05) is 0 Å². The van der Waals surface area contributed by atoms with Crippen LogP contribution in [0.4, 0.5) is 5.69 Å². The standard InChI is InChI=1S/C17H28N2O/c1-3-19(4-2)16-7-5-15(6-8-16)13-18-14-17(9-10-17)11-12-20/h5-8,18,20H,3-4,9-14H2,1-2H3. The molecule has 0 atom stereocenters. The second kappa shape index (κ2) is 7.09. The van der Waals surface area contributed by atoms with Crippen molar-refractivity contribution in [2.24, 2.45) is 5.41 Å². The predicted molar refractivity (Wildman–Crippen MR) is 85.1 cm³/mol. The molecule has 2 N–H and O–H groups in total. The topological polar surface area (TPSA) is 35.5 Å². The van der Waals surface area contributed by atoms with Crippen molar-refractivity contribution in [3.8, 4) is 0 Å². The lowest BCUT2D eigenvalue weighted by Crippen LogP contribution is -2.24. The van der Waals surface area contributed by atoms with E-state index < -0.39 is 0 Å². The minimum absolute atomic E-state index is 0.320. The summed E-state index contributed by atoms with van der Waals surface area (Å²) in [6.45, 7) is 8.76. The lowest BCUT2D eigenvalue weighted by Gasteiger charge is -2.21. The van der Waals surface area contributed by atoms with E-state index in [2.05, 4.69) is 48.3 Å². The molecular formula is C17H28N2O. The maximum atomic E-state index is 9.06. The molecule has 0 unspecified atom stereocenters. The van der Waals surface area contributed by atoms with E-state index in [1.165, 1.54) is 24.1 Å². The number of aliphatic hydroxyl groups excluding tert-OH is 1. The molecule has 0 radical (unpaired) electrons. The van der Waals surface area contributed by atoms with Crippen LogP contribution in [0.15, 0.2) is 24.3 Å². The van der Waals surface area contributed by atoms with Crippen LogP contribution in [0, 0.1) is 5.41 Å². The third-order valence-electron chi connectivity index (χ3n) is 4.49. The number of hydrogen-bond acceptors (Lipinski definition) is 3. The van der Waals surface area contributed by atoms with Gasteiger partial charge in [0.25, 0.3) is 0 Å². The van der Waals surface area contributed by atoms with Gasteiger partial charge in [0.15, 0.2) is 0 Å². The van der Waals surface area contributed by atoms with Crippen LogP contribution >= 0.6 is 0 Å². The highest BCUT2D eigenvalue weighted by Gasteiger charge is 2.41. The van der Waals surface area contributed by atoms with Crippen molar-refractivity contribution in [3.63, 3.8) is 0 Å². The van der Waals surface area contributed by atoms with Gasteiger partial charge in [-0.3, -0.25) is 0 Å². The Morgan fingerprint density at radius 1 is 1.15 bits per heavy atom. The van der Waals surface area contributed by atoms with E-state index in [-0.39, 0.29) is 0 Å². The number of nitrogens with one attached hydrogen (secondary N) is 1. The highest BCUT2D eigenvalue weighted by atomic mass is 16.3. The first kappa shape index (κ1) is 15.3. The summed E-state index contributed by atoms with van der Waals surface area (Å²) in [5.74, 6) is 0. The van der Waals surface area contributed by atoms with Gasteiger partial charge in [0.2, 0.25) is 0 Å². The molecule has 1 fully saturated rings. The minimum Gasteiger partial charge on any atom is -0.396 e. The summed E-state index contributed by atoms with van der Waals surface area (Å²) in [6.07, 6.45) is 3.48. The zero-order valence-electron chi connectivity index (χ0n) is 12.9. The van der Waals surface area contributed by atoms with Crippen LogP contribution < -0.4 is 10.2 Å². The molecule has 1 aliphatic carbocycles. The SMILES string of the molecule is CCN(CC)c1ccc(CNCC2(CCO)CC2)cc1. The second-order valence-electron chi connectivity index (χ2n) is 5.92. The molecule has 0 saturated heterocycles. The first-order chi connectivity index (χ1) is 9.73. The van der Waals surface area contributed by atoms with E-state index in [0.717, 1.165) is 32.6 Å². The quantitative estimate of drug-likeness (QED) is 0.728. The largest absolute Gasteiger partial charge is 0.396 e. The fourth-order valence-electron chi connectivity index (χ4n) is 2.81. The van der Waals surface area contributed by atoms with E-state index in [4.69, 9.17) is 5.11 Å². The molecule has 1 saturated carbocycles. The number of nitrogens with zero attached hydrogens (tertiary/aromatic N) is 1. The van der Waals surface area contributed by atoms with Gasteiger partial charge in [-0.05, 0) is 56.2 Å². The van der Waals surface area contributed by atoms with Crippen LogP contribution in [0.2, 0.25) is 0 Å².